The number of allylic oxidation sites excluding steroid dienone is 10. The van der Waals surface area contributed by atoms with Crippen molar-refractivity contribution in [2.24, 2.45) is 0 Å². The summed E-state index contributed by atoms with van der Waals surface area (Å²) in [5.74, 6) is -0.912. The van der Waals surface area contributed by atoms with E-state index in [-0.39, 0.29) is 26.1 Å². The van der Waals surface area contributed by atoms with Crippen molar-refractivity contribution < 1.29 is 37.6 Å². The van der Waals surface area contributed by atoms with Crippen LogP contribution in [0, 0.1) is 0 Å². The Balaban J connectivity index is 4.36. The molecule has 0 aliphatic rings. The summed E-state index contributed by atoms with van der Waals surface area (Å²) in [6.45, 7) is 5.19. The molecule has 45 heavy (non-hydrogen) atoms. The van der Waals surface area contributed by atoms with Crippen molar-refractivity contribution in [1.29, 1.82) is 0 Å². The van der Waals surface area contributed by atoms with E-state index in [1.807, 2.05) is 12.2 Å². The Labute approximate surface area is 273 Å². The summed E-state index contributed by atoms with van der Waals surface area (Å²) < 4.78 is 32.3. The lowest BCUT2D eigenvalue weighted by molar-refractivity contribution is -0.161. The molecule has 2 unspecified atom stereocenters. The zero-order chi connectivity index (χ0) is 33.3. The molecule has 1 N–H and O–H groups in total. The third-order valence-electron chi connectivity index (χ3n) is 6.57. The second kappa shape index (κ2) is 31.7. The predicted molar refractivity (Wildman–Crippen MR) is 184 cm³/mol. The number of hydrogen-bond acceptors (Lipinski definition) is 7. The number of phosphoric acid groups is 1. The number of esters is 2. The minimum absolute atomic E-state index is 0.0160. The average molecular weight is 653 g/mol. The highest BCUT2D eigenvalue weighted by Crippen LogP contribution is 2.43. The molecule has 0 fully saturated rings. The number of carbonyl (C=O) groups is 2. The molecule has 2 atom stereocenters. The van der Waals surface area contributed by atoms with Gasteiger partial charge in [-0.15, -0.1) is 0 Å². The van der Waals surface area contributed by atoms with Gasteiger partial charge in [0, 0.05) is 12.8 Å². The second-order valence-electron chi connectivity index (χ2n) is 10.8. The number of unbranched alkanes of at least 4 members (excludes halogenated alkanes) is 8. The Hall–Kier alpha value is -2.25. The van der Waals surface area contributed by atoms with Crippen molar-refractivity contribution >= 4 is 19.8 Å². The van der Waals surface area contributed by atoms with E-state index in [0.717, 1.165) is 64.2 Å². The smallest absolute Gasteiger partial charge is 0.462 e. The molecule has 0 aromatic heterocycles. The van der Waals surface area contributed by atoms with E-state index in [0.29, 0.717) is 6.42 Å². The molecule has 0 heterocycles. The summed E-state index contributed by atoms with van der Waals surface area (Å²) in [5.41, 5.74) is 0. The highest BCUT2D eigenvalue weighted by atomic mass is 31.2. The van der Waals surface area contributed by atoms with Crippen LogP contribution in [-0.2, 0) is 32.7 Å². The molecule has 258 valence electrons. The fourth-order valence-corrected chi connectivity index (χ4v) is 4.86. The lowest BCUT2D eigenvalue weighted by atomic mass is 10.1. The largest absolute Gasteiger partial charge is 0.472 e. The quantitative estimate of drug-likeness (QED) is 0.0353. The van der Waals surface area contributed by atoms with E-state index in [9.17, 15) is 19.0 Å². The molecule has 0 amide bonds. The van der Waals surface area contributed by atoms with Gasteiger partial charge in [0.1, 0.15) is 6.61 Å². The summed E-state index contributed by atoms with van der Waals surface area (Å²) in [4.78, 5) is 34.4. The molecule has 8 nitrogen and oxygen atoms in total. The third-order valence-corrected chi connectivity index (χ3v) is 7.63. The first kappa shape index (κ1) is 42.8. The Morgan fingerprint density at radius 2 is 1.18 bits per heavy atom. The molecule has 0 saturated heterocycles. The second-order valence-corrected chi connectivity index (χ2v) is 12.2. The van der Waals surface area contributed by atoms with Crippen LogP contribution in [0.15, 0.2) is 60.8 Å². The van der Waals surface area contributed by atoms with Crippen LogP contribution in [0.2, 0.25) is 0 Å². The number of ether oxygens (including phenoxy) is 2. The topological polar surface area (TPSA) is 108 Å². The van der Waals surface area contributed by atoms with Gasteiger partial charge in [-0.1, -0.05) is 107 Å². The van der Waals surface area contributed by atoms with Crippen LogP contribution in [-0.4, -0.2) is 42.8 Å². The van der Waals surface area contributed by atoms with Crippen LogP contribution >= 0.6 is 7.82 Å². The van der Waals surface area contributed by atoms with Crippen molar-refractivity contribution in [2.75, 3.05) is 19.8 Å². The SMILES string of the molecule is CC/C=C\C/C=C\C/C=C\C/C=C\CCC(=O)OC(COC(=O)CCCCCCC/C=C\CCCCC)COP(=O)(O)OCC. The fourth-order valence-electron chi connectivity index (χ4n) is 4.11. The van der Waals surface area contributed by atoms with Gasteiger partial charge < -0.3 is 14.4 Å². The number of rotatable bonds is 30. The van der Waals surface area contributed by atoms with Crippen LogP contribution in [0.3, 0.4) is 0 Å². The van der Waals surface area contributed by atoms with Crippen LogP contribution in [0.5, 0.6) is 0 Å². The molecule has 0 bridgehead atoms. The van der Waals surface area contributed by atoms with Gasteiger partial charge in [0.25, 0.3) is 0 Å². The number of phosphoric ester groups is 1. The van der Waals surface area contributed by atoms with E-state index in [1.165, 1.54) is 25.7 Å². The normalized spacial score (nSPS) is 14.3. The van der Waals surface area contributed by atoms with Crippen molar-refractivity contribution in [2.45, 2.75) is 136 Å². The molecule has 0 aromatic rings. The molecular formula is C36H61O8P. The maximum Gasteiger partial charge on any atom is 0.472 e. The number of carbonyl (C=O) groups excluding carboxylic acids is 2. The van der Waals surface area contributed by atoms with Gasteiger partial charge in [0.05, 0.1) is 13.2 Å². The van der Waals surface area contributed by atoms with Crippen LogP contribution < -0.4 is 0 Å². The summed E-state index contributed by atoms with van der Waals surface area (Å²) in [7, 11) is -4.29. The van der Waals surface area contributed by atoms with Crippen molar-refractivity contribution in [1.82, 2.24) is 0 Å². The maximum atomic E-state index is 12.4. The Kier molecular flexibility index (Phi) is 30.1. The monoisotopic (exact) mass is 652 g/mol. The van der Waals surface area contributed by atoms with Crippen molar-refractivity contribution in [3.8, 4) is 0 Å². The van der Waals surface area contributed by atoms with E-state index >= 15 is 0 Å². The van der Waals surface area contributed by atoms with Crippen molar-refractivity contribution in [3.05, 3.63) is 60.8 Å². The molecule has 0 saturated carbocycles. The highest BCUT2D eigenvalue weighted by molar-refractivity contribution is 7.47. The van der Waals surface area contributed by atoms with Gasteiger partial charge >= 0.3 is 19.8 Å². The zero-order valence-electron chi connectivity index (χ0n) is 28.2. The Bertz CT molecular complexity index is 922. The Morgan fingerprint density at radius 3 is 1.80 bits per heavy atom. The summed E-state index contributed by atoms with van der Waals surface area (Å²) in [5, 5.41) is 0. The van der Waals surface area contributed by atoms with Gasteiger partial charge in [-0.3, -0.25) is 18.6 Å². The summed E-state index contributed by atoms with van der Waals surface area (Å²) in [6, 6.07) is 0. The van der Waals surface area contributed by atoms with Gasteiger partial charge in [0.15, 0.2) is 6.10 Å². The third kappa shape index (κ3) is 31.5. The van der Waals surface area contributed by atoms with Gasteiger partial charge in [-0.25, -0.2) is 4.57 Å². The standard InChI is InChI=1S/C36H61O8P/c1-4-7-9-11-13-15-17-19-21-23-25-27-29-31-36(38)44-34(33-43-45(39,40)42-6-3)32-41-35(37)30-28-26-24-22-20-18-16-14-12-10-8-5-2/h7,9,13-16,19,21,25,27,34H,4-6,8,10-12,17-18,20,22-24,26,28-33H2,1-3H3,(H,39,40)/b9-7-,15-13-,16-14-,21-19-,27-25-. The molecule has 0 spiro atoms. The van der Waals surface area contributed by atoms with Gasteiger partial charge in [0.2, 0.25) is 0 Å². The van der Waals surface area contributed by atoms with Crippen LogP contribution in [0.4, 0.5) is 0 Å². The number of hydrogen-bond donors (Lipinski definition) is 1. The van der Waals surface area contributed by atoms with Crippen LogP contribution in [0.1, 0.15) is 130 Å². The van der Waals surface area contributed by atoms with Crippen LogP contribution in [0.25, 0.3) is 0 Å². The molecule has 0 aliphatic carbocycles. The maximum absolute atomic E-state index is 12.4. The summed E-state index contributed by atoms with van der Waals surface area (Å²) >= 11 is 0. The molecule has 0 radical (unpaired) electrons. The highest BCUT2D eigenvalue weighted by Gasteiger charge is 2.25. The first-order valence-electron chi connectivity index (χ1n) is 17.1. The lowest BCUT2D eigenvalue weighted by Gasteiger charge is -2.19. The van der Waals surface area contributed by atoms with E-state index in [4.69, 9.17) is 18.5 Å². The minimum Gasteiger partial charge on any atom is -0.462 e. The molecule has 0 aliphatic heterocycles. The molecule has 0 aromatic carbocycles. The first-order chi connectivity index (χ1) is 21.8. The average Bonchev–Trinajstić information content (AvgIpc) is 3.01. The summed E-state index contributed by atoms with van der Waals surface area (Å²) in [6.07, 6.45) is 35.8. The fraction of sp³-hybridized carbons (Fsp3) is 0.667. The van der Waals surface area contributed by atoms with E-state index in [2.05, 4.69) is 62.5 Å². The molecule has 9 heteroatoms. The van der Waals surface area contributed by atoms with E-state index in [1.54, 1.807) is 6.92 Å². The van der Waals surface area contributed by atoms with Gasteiger partial charge in [-0.05, 0) is 71.1 Å². The Morgan fingerprint density at radius 1 is 0.622 bits per heavy atom. The lowest BCUT2D eigenvalue weighted by Crippen LogP contribution is -2.29. The molecular weight excluding hydrogens is 591 g/mol. The van der Waals surface area contributed by atoms with Gasteiger partial charge in [-0.2, -0.15) is 0 Å². The van der Waals surface area contributed by atoms with E-state index < -0.39 is 32.5 Å². The minimum atomic E-state index is -4.29. The first-order valence-corrected chi connectivity index (χ1v) is 18.6. The molecule has 0 rings (SSSR count). The predicted octanol–water partition coefficient (Wildman–Crippen LogP) is 10.0. The van der Waals surface area contributed by atoms with Crippen molar-refractivity contribution in [3.63, 3.8) is 0 Å². The zero-order valence-corrected chi connectivity index (χ0v) is 29.1.